The van der Waals surface area contributed by atoms with Gasteiger partial charge in [-0.3, -0.25) is 4.79 Å². The van der Waals surface area contributed by atoms with Crippen molar-refractivity contribution in [2.45, 2.75) is 45.6 Å². The van der Waals surface area contributed by atoms with Crippen LogP contribution in [0.3, 0.4) is 0 Å². The van der Waals surface area contributed by atoms with Crippen LogP contribution >= 0.6 is 0 Å². The molecule has 0 radical (unpaired) electrons. The van der Waals surface area contributed by atoms with E-state index in [9.17, 15) is 9.90 Å². The molecule has 17 heavy (non-hydrogen) atoms. The number of carbonyl (C=O) groups is 1. The molecule has 1 unspecified atom stereocenters. The SMILES string of the molecule is CCC1(C(=O)N(C)CCC(C)O)CCNCC1. The van der Waals surface area contributed by atoms with Crippen LogP contribution < -0.4 is 5.32 Å². The average molecular weight is 242 g/mol. The van der Waals surface area contributed by atoms with Crippen molar-refractivity contribution in [1.29, 1.82) is 0 Å². The molecule has 0 aromatic carbocycles. The summed E-state index contributed by atoms with van der Waals surface area (Å²) >= 11 is 0. The molecular weight excluding hydrogens is 216 g/mol. The topological polar surface area (TPSA) is 52.6 Å². The lowest BCUT2D eigenvalue weighted by Gasteiger charge is -2.38. The second-order valence-electron chi connectivity index (χ2n) is 5.25. The van der Waals surface area contributed by atoms with Gasteiger partial charge >= 0.3 is 0 Å². The first kappa shape index (κ1) is 14.5. The lowest BCUT2D eigenvalue weighted by Crippen LogP contribution is -2.48. The number of hydrogen-bond acceptors (Lipinski definition) is 3. The predicted octanol–water partition coefficient (Wildman–Crippen LogP) is 0.995. The minimum Gasteiger partial charge on any atom is -0.393 e. The zero-order chi connectivity index (χ0) is 12.9. The van der Waals surface area contributed by atoms with Crippen LogP contribution in [0.5, 0.6) is 0 Å². The summed E-state index contributed by atoms with van der Waals surface area (Å²) in [5.74, 6) is 0.252. The summed E-state index contributed by atoms with van der Waals surface area (Å²) in [7, 11) is 1.85. The van der Waals surface area contributed by atoms with Gasteiger partial charge in [0.1, 0.15) is 0 Å². The van der Waals surface area contributed by atoms with E-state index < -0.39 is 0 Å². The van der Waals surface area contributed by atoms with E-state index in [1.54, 1.807) is 11.8 Å². The molecule has 0 aromatic rings. The number of nitrogens with one attached hydrogen (secondary N) is 1. The van der Waals surface area contributed by atoms with Gasteiger partial charge in [0.2, 0.25) is 5.91 Å². The maximum absolute atomic E-state index is 12.5. The molecular formula is C13H26N2O2. The smallest absolute Gasteiger partial charge is 0.228 e. The Balaban J connectivity index is 2.58. The van der Waals surface area contributed by atoms with E-state index in [0.717, 1.165) is 32.4 Å². The average Bonchev–Trinajstić information content (AvgIpc) is 2.35. The van der Waals surface area contributed by atoms with Gasteiger partial charge in [-0.2, -0.15) is 0 Å². The Labute approximate surface area is 104 Å². The van der Waals surface area contributed by atoms with Gasteiger partial charge in [-0.05, 0) is 45.7 Å². The molecule has 1 fully saturated rings. The van der Waals surface area contributed by atoms with Crippen molar-refractivity contribution in [3.05, 3.63) is 0 Å². The van der Waals surface area contributed by atoms with E-state index in [0.29, 0.717) is 13.0 Å². The van der Waals surface area contributed by atoms with Gasteiger partial charge in [-0.25, -0.2) is 0 Å². The minimum atomic E-state index is -0.337. The van der Waals surface area contributed by atoms with Gasteiger partial charge in [0, 0.05) is 13.6 Å². The Morgan fingerprint density at radius 1 is 1.47 bits per heavy atom. The number of carbonyl (C=O) groups excluding carboxylic acids is 1. The van der Waals surface area contributed by atoms with Gasteiger partial charge in [0.05, 0.1) is 11.5 Å². The van der Waals surface area contributed by atoms with Gasteiger partial charge < -0.3 is 15.3 Å². The van der Waals surface area contributed by atoms with E-state index in [4.69, 9.17) is 0 Å². The number of piperidine rings is 1. The van der Waals surface area contributed by atoms with Crippen molar-refractivity contribution in [3.63, 3.8) is 0 Å². The molecule has 2 N–H and O–H groups in total. The molecule has 4 heteroatoms. The standard InChI is InChI=1S/C13H26N2O2/c1-4-13(6-8-14-9-7-13)12(17)15(3)10-5-11(2)16/h11,14,16H,4-10H2,1-3H3. The first-order chi connectivity index (χ1) is 8.02. The second kappa shape index (κ2) is 6.36. The van der Waals surface area contributed by atoms with E-state index in [1.165, 1.54) is 0 Å². The Hall–Kier alpha value is -0.610. The van der Waals surface area contributed by atoms with Crippen molar-refractivity contribution in [3.8, 4) is 0 Å². The zero-order valence-electron chi connectivity index (χ0n) is 11.3. The lowest BCUT2D eigenvalue weighted by atomic mass is 9.75. The van der Waals surface area contributed by atoms with E-state index in [2.05, 4.69) is 12.2 Å². The van der Waals surface area contributed by atoms with Crippen molar-refractivity contribution in [2.24, 2.45) is 5.41 Å². The van der Waals surface area contributed by atoms with Crippen molar-refractivity contribution >= 4 is 5.91 Å². The highest BCUT2D eigenvalue weighted by Gasteiger charge is 2.39. The molecule has 1 aliphatic rings. The summed E-state index contributed by atoms with van der Waals surface area (Å²) in [6.07, 6.45) is 3.09. The van der Waals surface area contributed by atoms with Gasteiger partial charge in [0.25, 0.3) is 0 Å². The summed E-state index contributed by atoms with van der Waals surface area (Å²) in [5, 5.41) is 12.6. The number of rotatable bonds is 5. The number of amides is 1. The van der Waals surface area contributed by atoms with Gasteiger partial charge in [-0.1, -0.05) is 6.92 Å². The van der Waals surface area contributed by atoms with Crippen molar-refractivity contribution in [1.82, 2.24) is 10.2 Å². The number of aliphatic hydroxyl groups excluding tert-OH is 1. The van der Waals surface area contributed by atoms with E-state index in [-0.39, 0.29) is 17.4 Å². The van der Waals surface area contributed by atoms with Gasteiger partial charge in [0.15, 0.2) is 0 Å². The second-order valence-corrected chi connectivity index (χ2v) is 5.25. The van der Waals surface area contributed by atoms with Crippen molar-refractivity contribution < 1.29 is 9.90 Å². The van der Waals surface area contributed by atoms with Crippen molar-refractivity contribution in [2.75, 3.05) is 26.7 Å². The lowest BCUT2D eigenvalue weighted by molar-refractivity contribution is -0.143. The summed E-state index contributed by atoms with van der Waals surface area (Å²) in [6, 6.07) is 0. The summed E-state index contributed by atoms with van der Waals surface area (Å²) in [4.78, 5) is 14.3. The van der Waals surface area contributed by atoms with Crippen LogP contribution in [0.1, 0.15) is 39.5 Å². The molecule has 0 saturated carbocycles. The summed E-state index contributed by atoms with van der Waals surface area (Å²) in [6.45, 7) is 6.38. The normalized spacial score (nSPS) is 20.9. The third-order valence-electron chi connectivity index (χ3n) is 3.92. The van der Waals surface area contributed by atoms with E-state index in [1.807, 2.05) is 7.05 Å². The number of hydrogen-bond donors (Lipinski definition) is 2. The Bertz CT molecular complexity index is 248. The largest absolute Gasteiger partial charge is 0.393 e. The first-order valence-electron chi connectivity index (χ1n) is 6.66. The fraction of sp³-hybridized carbons (Fsp3) is 0.923. The van der Waals surface area contributed by atoms with Crippen LogP contribution in [0.2, 0.25) is 0 Å². The quantitative estimate of drug-likeness (QED) is 0.756. The Morgan fingerprint density at radius 3 is 2.53 bits per heavy atom. The molecule has 1 atom stereocenters. The molecule has 1 aliphatic heterocycles. The molecule has 0 spiro atoms. The van der Waals surface area contributed by atoms with Crippen LogP contribution in [0, 0.1) is 5.41 Å². The molecule has 1 amide bonds. The Kier molecular flexibility index (Phi) is 5.40. The fourth-order valence-corrected chi connectivity index (χ4v) is 2.51. The summed E-state index contributed by atoms with van der Waals surface area (Å²) in [5.41, 5.74) is -0.168. The highest BCUT2D eigenvalue weighted by molar-refractivity contribution is 5.82. The van der Waals surface area contributed by atoms with Crippen LogP contribution in [0.4, 0.5) is 0 Å². The van der Waals surface area contributed by atoms with Crippen LogP contribution in [0.15, 0.2) is 0 Å². The monoisotopic (exact) mass is 242 g/mol. The third kappa shape index (κ3) is 3.68. The van der Waals surface area contributed by atoms with Crippen LogP contribution in [0.25, 0.3) is 0 Å². The maximum Gasteiger partial charge on any atom is 0.228 e. The molecule has 4 nitrogen and oxygen atoms in total. The first-order valence-corrected chi connectivity index (χ1v) is 6.66. The molecule has 1 saturated heterocycles. The van der Waals surface area contributed by atoms with Gasteiger partial charge in [-0.15, -0.1) is 0 Å². The third-order valence-corrected chi connectivity index (χ3v) is 3.92. The fourth-order valence-electron chi connectivity index (χ4n) is 2.51. The highest BCUT2D eigenvalue weighted by Crippen LogP contribution is 2.34. The molecule has 1 rings (SSSR count). The summed E-state index contributed by atoms with van der Waals surface area (Å²) < 4.78 is 0. The van der Waals surface area contributed by atoms with Crippen LogP contribution in [-0.2, 0) is 4.79 Å². The van der Waals surface area contributed by atoms with Crippen LogP contribution in [-0.4, -0.2) is 48.7 Å². The Morgan fingerprint density at radius 2 is 2.06 bits per heavy atom. The number of aliphatic hydroxyl groups is 1. The maximum atomic E-state index is 12.5. The van der Waals surface area contributed by atoms with E-state index >= 15 is 0 Å². The predicted molar refractivity (Wildman–Crippen MR) is 68.8 cm³/mol. The molecule has 0 aliphatic carbocycles. The molecule has 100 valence electrons. The zero-order valence-corrected chi connectivity index (χ0v) is 11.3. The molecule has 0 aromatic heterocycles. The highest BCUT2D eigenvalue weighted by atomic mass is 16.3. The number of nitrogens with zero attached hydrogens (tertiary/aromatic N) is 1. The minimum absolute atomic E-state index is 0.168. The molecule has 0 bridgehead atoms. The molecule has 1 heterocycles.